The lowest BCUT2D eigenvalue weighted by Crippen LogP contribution is -2.43. The summed E-state index contributed by atoms with van der Waals surface area (Å²) in [7, 11) is 1.58. The van der Waals surface area contributed by atoms with Crippen LogP contribution in [0.25, 0.3) is 0 Å². The Morgan fingerprint density at radius 1 is 1.50 bits per heavy atom. The summed E-state index contributed by atoms with van der Waals surface area (Å²) in [6.07, 6.45) is 0. The average molecular weight is 271 g/mol. The topological polar surface area (TPSA) is 64.3 Å². The third kappa shape index (κ3) is 3.89. The highest BCUT2D eigenvalue weighted by atomic mass is 35.5. The summed E-state index contributed by atoms with van der Waals surface area (Å²) in [4.78, 5) is 11.7. The van der Waals surface area contributed by atoms with Crippen LogP contribution in [0.2, 0.25) is 5.02 Å². The first-order valence-electron chi connectivity index (χ1n) is 5.81. The molecule has 0 aliphatic rings. The van der Waals surface area contributed by atoms with Crippen molar-refractivity contribution in [2.75, 3.05) is 7.11 Å². The lowest BCUT2D eigenvalue weighted by atomic mass is 10.0. The Morgan fingerprint density at radius 2 is 2.17 bits per heavy atom. The van der Waals surface area contributed by atoms with Gasteiger partial charge in [-0.2, -0.15) is 0 Å². The molecule has 0 fully saturated rings. The molecule has 0 aliphatic heterocycles. The number of carbonyl (C=O) groups is 1. The summed E-state index contributed by atoms with van der Waals surface area (Å²) in [5, 5.41) is 3.38. The number of benzene rings is 1. The van der Waals surface area contributed by atoms with E-state index in [0.29, 0.717) is 17.3 Å². The summed E-state index contributed by atoms with van der Waals surface area (Å²) in [5.41, 5.74) is 6.58. The molecule has 1 amide bonds. The SMILES string of the molecule is COc1ccc(Cl)cc1CNC(=O)[C@@H](N)C(C)C. The second kappa shape index (κ2) is 6.61. The Kier molecular flexibility index (Phi) is 5.44. The first-order chi connectivity index (χ1) is 8.45. The van der Waals surface area contributed by atoms with Gasteiger partial charge in [0, 0.05) is 17.1 Å². The normalized spacial score (nSPS) is 12.3. The standard InChI is InChI=1S/C13H19ClN2O2/c1-8(2)12(15)13(17)16-7-9-6-10(14)4-5-11(9)18-3/h4-6,8,12H,7,15H2,1-3H3,(H,16,17)/t12-/m0/s1. The third-order valence-electron chi connectivity index (χ3n) is 2.72. The molecule has 4 nitrogen and oxygen atoms in total. The second-order valence-corrected chi connectivity index (χ2v) is 4.88. The Bertz CT molecular complexity index is 421. The summed E-state index contributed by atoms with van der Waals surface area (Å²) < 4.78 is 5.20. The molecule has 100 valence electrons. The zero-order chi connectivity index (χ0) is 13.7. The van der Waals surface area contributed by atoms with Gasteiger partial charge in [0.2, 0.25) is 5.91 Å². The molecule has 0 aliphatic carbocycles. The first-order valence-corrected chi connectivity index (χ1v) is 6.19. The van der Waals surface area contributed by atoms with Crippen LogP contribution >= 0.6 is 11.6 Å². The molecule has 0 saturated heterocycles. The third-order valence-corrected chi connectivity index (χ3v) is 2.95. The second-order valence-electron chi connectivity index (χ2n) is 4.44. The van der Waals surface area contributed by atoms with E-state index < -0.39 is 6.04 Å². The van der Waals surface area contributed by atoms with Gasteiger partial charge in [0.15, 0.2) is 0 Å². The quantitative estimate of drug-likeness (QED) is 0.860. The summed E-state index contributed by atoms with van der Waals surface area (Å²) in [6, 6.07) is 4.77. The van der Waals surface area contributed by atoms with Crippen molar-refractivity contribution in [1.82, 2.24) is 5.32 Å². The highest BCUT2D eigenvalue weighted by molar-refractivity contribution is 6.30. The maximum Gasteiger partial charge on any atom is 0.237 e. The van der Waals surface area contributed by atoms with Gasteiger partial charge in [-0.25, -0.2) is 0 Å². The van der Waals surface area contributed by atoms with E-state index in [-0.39, 0.29) is 11.8 Å². The van der Waals surface area contributed by atoms with Gasteiger partial charge in [-0.15, -0.1) is 0 Å². The molecule has 1 atom stereocenters. The Hall–Kier alpha value is -1.26. The highest BCUT2D eigenvalue weighted by Crippen LogP contribution is 2.22. The zero-order valence-corrected chi connectivity index (χ0v) is 11.6. The van der Waals surface area contributed by atoms with Gasteiger partial charge in [0.25, 0.3) is 0 Å². The molecule has 0 unspecified atom stereocenters. The van der Waals surface area contributed by atoms with E-state index in [1.807, 2.05) is 13.8 Å². The molecule has 0 radical (unpaired) electrons. The van der Waals surface area contributed by atoms with Crippen LogP contribution in [-0.2, 0) is 11.3 Å². The minimum Gasteiger partial charge on any atom is -0.496 e. The fourth-order valence-corrected chi connectivity index (χ4v) is 1.68. The molecule has 0 saturated carbocycles. The molecule has 0 bridgehead atoms. The molecule has 18 heavy (non-hydrogen) atoms. The molecule has 1 aromatic carbocycles. The number of carbonyl (C=O) groups excluding carboxylic acids is 1. The minimum atomic E-state index is -0.504. The van der Waals surface area contributed by atoms with Crippen LogP contribution in [0.1, 0.15) is 19.4 Å². The monoisotopic (exact) mass is 270 g/mol. The van der Waals surface area contributed by atoms with Gasteiger partial charge in [0.1, 0.15) is 5.75 Å². The van der Waals surface area contributed by atoms with Gasteiger partial charge < -0.3 is 15.8 Å². The summed E-state index contributed by atoms with van der Waals surface area (Å²) in [6.45, 7) is 4.16. The smallest absolute Gasteiger partial charge is 0.237 e. The molecule has 0 spiro atoms. The Labute approximate surface area is 112 Å². The molecule has 0 aromatic heterocycles. The van der Waals surface area contributed by atoms with Crippen LogP contribution in [0, 0.1) is 5.92 Å². The van der Waals surface area contributed by atoms with E-state index in [1.54, 1.807) is 25.3 Å². The lowest BCUT2D eigenvalue weighted by molar-refractivity contribution is -0.123. The van der Waals surface area contributed by atoms with Crippen molar-refractivity contribution in [1.29, 1.82) is 0 Å². The predicted molar refractivity (Wildman–Crippen MR) is 72.7 cm³/mol. The van der Waals surface area contributed by atoms with Gasteiger partial charge in [-0.3, -0.25) is 4.79 Å². The molecule has 3 N–H and O–H groups in total. The van der Waals surface area contributed by atoms with Gasteiger partial charge in [-0.1, -0.05) is 25.4 Å². The van der Waals surface area contributed by atoms with E-state index in [2.05, 4.69) is 5.32 Å². The van der Waals surface area contributed by atoms with Crippen LogP contribution in [0.5, 0.6) is 5.75 Å². The van der Waals surface area contributed by atoms with Crippen LogP contribution < -0.4 is 15.8 Å². The molecule has 1 aromatic rings. The number of ether oxygens (including phenoxy) is 1. The highest BCUT2D eigenvalue weighted by Gasteiger charge is 2.17. The van der Waals surface area contributed by atoms with Crippen molar-refractivity contribution in [2.24, 2.45) is 11.7 Å². The van der Waals surface area contributed by atoms with Gasteiger partial charge in [0.05, 0.1) is 13.2 Å². The van der Waals surface area contributed by atoms with Crippen molar-refractivity contribution >= 4 is 17.5 Å². The van der Waals surface area contributed by atoms with Crippen molar-refractivity contribution in [3.05, 3.63) is 28.8 Å². The molecule has 1 rings (SSSR count). The van der Waals surface area contributed by atoms with Gasteiger partial charge in [-0.05, 0) is 24.1 Å². The van der Waals surface area contributed by atoms with E-state index in [9.17, 15) is 4.79 Å². The van der Waals surface area contributed by atoms with Crippen LogP contribution in [0.15, 0.2) is 18.2 Å². The van der Waals surface area contributed by atoms with Gasteiger partial charge >= 0.3 is 0 Å². The van der Waals surface area contributed by atoms with Crippen LogP contribution in [0.3, 0.4) is 0 Å². The Morgan fingerprint density at radius 3 is 2.72 bits per heavy atom. The van der Waals surface area contributed by atoms with Crippen molar-refractivity contribution in [3.8, 4) is 5.75 Å². The first kappa shape index (κ1) is 14.8. The number of amides is 1. The number of methoxy groups -OCH3 is 1. The van der Waals surface area contributed by atoms with E-state index in [1.165, 1.54) is 0 Å². The number of rotatable bonds is 5. The maximum atomic E-state index is 11.7. The van der Waals surface area contributed by atoms with E-state index in [4.69, 9.17) is 22.1 Å². The van der Waals surface area contributed by atoms with E-state index in [0.717, 1.165) is 5.56 Å². The van der Waals surface area contributed by atoms with Crippen LogP contribution in [0.4, 0.5) is 0 Å². The number of nitrogens with one attached hydrogen (secondary N) is 1. The zero-order valence-electron chi connectivity index (χ0n) is 10.9. The number of hydrogen-bond acceptors (Lipinski definition) is 3. The van der Waals surface area contributed by atoms with E-state index >= 15 is 0 Å². The van der Waals surface area contributed by atoms with Crippen LogP contribution in [-0.4, -0.2) is 19.1 Å². The predicted octanol–water partition coefficient (Wildman–Crippen LogP) is 1.95. The number of nitrogens with two attached hydrogens (primary N) is 1. The van der Waals surface area contributed by atoms with Crippen molar-refractivity contribution in [3.63, 3.8) is 0 Å². The number of hydrogen-bond donors (Lipinski definition) is 2. The van der Waals surface area contributed by atoms with Crippen molar-refractivity contribution in [2.45, 2.75) is 26.4 Å². The minimum absolute atomic E-state index is 0.103. The lowest BCUT2D eigenvalue weighted by Gasteiger charge is -2.16. The maximum absolute atomic E-state index is 11.7. The summed E-state index contributed by atoms with van der Waals surface area (Å²) in [5.74, 6) is 0.621. The number of halogens is 1. The Balaban J connectivity index is 2.68. The molecular formula is C13H19ClN2O2. The molecule has 0 heterocycles. The molecular weight excluding hydrogens is 252 g/mol. The largest absolute Gasteiger partial charge is 0.496 e. The molecule has 5 heteroatoms. The average Bonchev–Trinajstić information content (AvgIpc) is 2.35. The fourth-order valence-electron chi connectivity index (χ4n) is 1.49. The summed E-state index contributed by atoms with van der Waals surface area (Å²) >= 11 is 5.91. The fraction of sp³-hybridized carbons (Fsp3) is 0.462. The van der Waals surface area contributed by atoms with Crippen molar-refractivity contribution < 1.29 is 9.53 Å².